The number of hydrogen-bond donors (Lipinski definition) is 0. The van der Waals surface area contributed by atoms with Gasteiger partial charge in [0.15, 0.2) is 0 Å². The summed E-state index contributed by atoms with van der Waals surface area (Å²) in [6, 6.07) is 0. The van der Waals surface area contributed by atoms with Gasteiger partial charge in [-0.05, 0) is 0 Å². The van der Waals surface area contributed by atoms with E-state index in [2.05, 4.69) is 27.7 Å². The molecule has 0 spiro atoms. The van der Waals surface area contributed by atoms with E-state index in [9.17, 15) is 0 Å². The van der Waals surface area contributed by atoms with Gasteiger partial charge in [-0.2, -0.15) is 0 Å². The summed E-state index contributed by atoms with van der Waals surface area (Å²) in [4.78, 5) is 0. The van der Waals surface area contributed by atoms with Crippen LogP contribution in [0.1, 0.15) is 53.4 Å². The van der Waals surface area contributed by atoms with Gasteiger partial charge < -0.3 is 0 Å². The first-order chi connectivity index (χ1) is 6.83. The van der Waals surface area contributed by atoms with Gasteiger partial charge in [-0.15, -0.1) is 0 Å². The molecule has 0 amide bonds. The standard InChI is InChI=1S/4C3H7.2Bi.Se/c4*1-3-2;;;/h4*1,3H2,2H3;;;. The fourth-order valence-corrected chi connectivity index (χ4v) is 7.51. The fraction of sp³-hybridized carbons (Fsp3) is 1.00. The summed E-state index contributed by atoms with van der Waals surface area (Å²) in [7, 11) is 0. The Morgan fingerprint density at radius 1 is 0.533 bits per heavy atom. The molecule has 0 aromatic carbocycles. The molecule has 0 rings (SSSR count). The molecule has 0 bridgehead atoms. The molecule has 0 atom stereocenters. The van der Waals surface area contributed by atoms with Gasteiger partial charge in [0.2, 0.25) is 0 Å². The Bertz CT molecular complexity index is 62.0. The smallest absolute Gasteiger partial charge is 0 e. The molecule has 0 unspecified atom stereocenters. The van der Waals surface area contributed by atoms with Crippen molar-refractivity contribution in [2.24, 2.45) is 0 Å². The average molecular weight is 669 g/mol. The van der Waals surface area contributed by atoms with Crippen LogP contribution in [0.2, 0.25) is 16.5 Å². The van der Waals surface area contributed by atoms with E-state index in [1.165, 1.54) is 25.7 Å². The van der Waals surface area contributed by atoms with E-state index in [4.69, 9.17) is 0 Å². The summed E-state index contributed by atoms with van der Waals surface area (Å²) >= 11 is 0.207. The minimum Gasteiger partial charge on any atom is 0 e. The zero-order valence-electron chi connectivity index (χ0n) is 11.0. The van der Waals surface area contributed by atoms with Crippen LogP contribution in [0.5, 0.6) is 0 Å². The van der Waals surface area contributed by atoms with Gasteiger partial charge in [-0.3, -0.25) is 0 Å². The number of rotatable bonds is 8. The first-order valence-electron chi connectivity index (χ1n) is 6.09. The molecule has 4 radical (unpaired) electrons. The molecule has 0 aliphatic heterocycles. The van der Waals surface area contributed by atoms with E-state index in [0.29, 0.717) is 0 Å². The van der Waals surface area contributed by atoms with E-state index in [0.717, 1.165) is 0 Å². The van der Waals surface area contributed by atoms with Gasteiger partial charge in [0.1, 0.15) is 0 Å². The Balaban J connectivity index is -0.000000180. The molecular formula is C12H28Bi2Se. The maximum Gasteiger partial charge on any atom is 0 e. The first kappa shape index (κ1) is 22.5. The van der Waals surface area contributed by atoms with Crippen molar-refractivity contribution in [1.82, 2.24) is 0 Å². The van der Waals surface area contributed by atoms with Crippen LogP contribution in [-0.2, 0) is 0 Å². The van der Waals surface area contributed by atoms with Crippen molar-refractivity contribution in [1.29, 1.82) is 0 Å². The van der Waals surface area contributed by atoms with Crippen molar-refractivity contribution in [2.45, 2.75) is 69.9 Å². The summed E-state index contributed by atoms with van der Waals surface area (Å²) in [6.45, 7) is 9.16. The van der Waals surface area contributed by atoms with Crippen LogP contribution >= 0.6 is 0 Å². The van der Waals surface area contributed by atoms with E-state index in [1.54, 1.807) is 16.5 Å². The van der Waals surface area contributed by atoms with Crippen molar-refractivity contribution < 1.29 is 0 Å². The summed E-state index contributed by atoms with van der Waals surface area (Å²) in [6.07, 6.45) is 5.77. The molecule has 3 heteroatoms. The van der Waals surface area contributed by atoms with Gasteiger partial charge in [-0.1, -0.05) is 0 Å². The largest absolute Gasteiger partial charge is 0 e. The predicted octanol–water partition coefficient (Wildman–Crippen LogP) is 4.31. The van der Waals surface area contributed by atoms with Crippen LogP contribution in [-0.4, -0.2) is 63.5 Å². The molecule has 0 aliphatic rings. The SMILES string of the molecule is CC[CH2][Bi][CH2]CC.CC[CH2][Bi][CH2]CC.[Se]. The zero-order valence-corrected chi connectivity index (χ0v) is 19.6. The van der Waals surface area contributed by atoms with Crippen molar-refractivity contribution in [2.75, 3.05) is 0 Å². The molecule has 0 aromatic heterocycles. The molecule has 0 N–H and O–H groups in total. The van der Waals surface area contributed by atoms with E-state index in [1.807, 2.05) is 0 Å². The first-order valence-corrected chi connectivity index (χ1v) is 15.9. The third kappa shape index (κ3) is 31.4. The second kappa shape index (κ2) is 25.2. The van der Waals surface area contributed by atoms with Gasteiger partial charge >= 0.3 is 116 Å². The maximum atomic E-state index is 2.29. The Morgan fingerprint density at radius 3 is 0.867 bits per heavy atom. The van der Waals surface area contributed by atoms with Crippen LogP contribution in [0.25, 0.3) is 0 Å². The van der Waals surface area contributed by atoms with Gasteiger partial charge in [-0.25, -0.2) is 0 Å². The zero-order chi connectivity index (χ0) is 11.1. The van der Waals surface area contributed by atoms with Crippen molar-refractivity contribution >= 4 is 63.5 Å². The second-order valence-corrected chi connectivity index (χ2v) is 13.8. The Morgan fingerprint density at radius 2 is 0.733 bits per heavy atom. The van der Waals surface area contributed by atoms with E-state index < -0.39 is 0 Å². The third-order valence-electron chi connectivity index (χ3n) is 1.53. The monoisotopic (exact) mass is 670 g/mol. The molecule has 92 valence electrons. The van der Waals surface area contributed by atoms with Crippen LogP contribution in [0.3, 0.4) is 0 Å². The summed E-state index contributed by atoms with van der Waals surface area (Å²) < 4.78 is 6.42. The second-order valence-electron chi connectivity index (χ2n) is 3.34. The molecule has 0 saturated carbocycles. The van der Waals surface area contributed by atoms with Crippen molar-refractivity contribution in [3.05, 3.63) is 0 Å². The maximum absolute atomic E-state index is 2.29. The van der Waals surface area contributed by atoms with Crippen LogP contribution < -0.4 is 0 Å². The van der Waals surface area contributed by atoms with E-state index in [-0.39, 0.29) is 63.5 Å². The molecule has 0 heterocycles. The minimum absolute atomic E-state index is 0. The minimum atomic E-state index is 0. The number of hydrogen-bond acceptors (Lipinski definition) is 0. The molecular weight excluding hydrogens is 641 g/mol. The molecule has 0 saturated heterocycles. The summed E-state index contributed by atoms with van der Waals surface area (Å²) in [5.74, 6) is 0. The summed E-state index contributed by atoms with van der Waals surface area (Å²) in [5.41, 5.74) is 0. The van der Waals surface area contributed by atoms with Gasteiger partial charge in [0.05, 0.1) is 0 Å². The molecule has 15 heavy (non-hydrogen) atoms. The van der Waals surface area contributed by atoms with Gasteiger partial charge in [0, 0.05) is 17.1 Å². The predicted molar refractivity (Wildman–Crippen MR) is 77.7 cm³/mol. The third-order valence-corrected chi connectivity index (χ3v) is 13.4. The normalized spacial score (nSPS) is 8.80. The molecule has 0 aromatic rings. The topological polar surface area (TPSA) is 0 Å². The van der Waals surface area contributed by atoms with Crippen molar-refractivity contribution in [3.63, 3.8) is 0 Å². The Kier molecular flexibility index (Phi) is 37.8. The Hall–Kier alpha value is 2.29. The van der Waals surface area contributed by atoms with Crippen molar-refractivity contribution in [3.8, 4) is 0 Å². The molecule has 0 nitrogen and oxygen atoms in total. The Labute approximate surface area is 132 Å². The quantitative estimate of drug-likeness (QED) is 0.267. The fourth-order valence-electron chi connectivity index (χ4n) is 0.856. The summed E-state index contributed by atoms with van der Waals surface area (Å²) in [5, 5.41) is 0. The molecule has 0 aliphatic carbocycles. The van der Waals surface area contributed by atoms with Crippen LogP contribution in [0.4, 0.5) is 0 Å². The average Bonchev–Trinajstić information content (AvgIpc) is 2.21. The van der Waals surface area contributed by atoms with Crippen LogP contribution in [0.15, 0.2) is 0 Å². The van der Waals surface area contributed by atoms with Gasteiger partial charge in [0.25, 0.3) is 0 Å². The van der Waals surface area contributed by atoms with E-state index >= 15 is 0 Å². The van der Waals surface area contributed by atoms with Crippen LogP contribution in [0, 0.1) is 0 Å². The molecule has 0 fully saturated rings.